The number of anilines is 2. The largest absolute Gasteiger partial charge is 0.361 e. The van der Waals surface area contributed by atoms with Crippen molar-refractivity contribution >= 4 is 28.3 Å². The molecule has 5 heteroatoms. The summed E-state index contributed by atoms with van der Waals surface area (Å²) in [7, 11) is 0. The van der Waals surface area contributed by atoms with Gasteiger partial charge in [0.25, 0.3) is 0 Å². The first kappa shape index (κ1) is 13.7. The van der Waals surface area contributed by atoms with Crippen LogP contribution in [0.2, 0.25) is 0 Å². The molecule has 0 unspecified atom stereocenters. The molecule has 0 fully saturated rings. The van der Waals surface area contributed by atoms with Gasteiger partial charge < -0.3 is 15.6 Å². The van der Waals surface area contributed by atoms with Crippen molar-refractivity contribution in [1.29, 1.82) is 5.26 Å². The van der Waals surface area contributed by atoms with Crippen LogP contribution in [0.25, 0.3) is 10.9 Å². The number of hydrogen-bond acceptors (Lipinski definition) is 2. The maximum Gasteiger partial charge on any atom is 0.323 e. The van der Waals surface area contributed by atoms with Crippen molar-refractivity contribution in [3.05, 3.63) is 59.8 Å². The molecular formula is C17H14N4O. The van der Waals surface area contributed by atoms with Crippen molar-refractivity contribution in [1.82, 2.24) is 4.98 Å². The summed E-state index contributed by atoms with van der Waals surface area (Å²) >= 11 is 0. The minimum absolute atomic E-state index is 0.324. The van der Waals surface area contributed by atoms with Crippen molar-refractivity contribution < 1.29 is 4.79 Å². The van der Waals surface area contributed by atoms with Crippen LogP contribution in [0.4, 0.5) is 16.2 Å². The van der Waals surface area contributed by atoms with E-state index in [4.69, 9.17) is 5.26 Å². The molecule has 108 valence electrons. The summed E-state index contributed by atoms with van der Waals surface area (Å²) in [6.07, 6.45) is 1.86. The highest BCUT2D eigenvalue weighted by Crippen LogP contribution is 2.18. The highest BCUT2D eigenvalue weighted by molar-refractivity contribution is 6.01. The highest BCUT2D eigenvalue weighted by Gasteiger charge is 2.05. The number of amides is 2. The molecule has 0 atom stereocenters. The van der Waals surface area contributed by atoms with E-state index in [-0.39, 0.29) is 6.03 Å². The van der Waals surface area contributed by atoms with Gasteiger partial charge in [0, 0.05) is 23.1 Å². The van der Waals surface area contributed by atoms with Crippen molar-refractivity contribution in [3.8, 4) is 6.07 Å². The second-order valence-corrected chi connectivity index (χ2v) is 5.00. The number of nitrogens with zero attached hydrogens (tertiary/aromatic N) is 1. The van der Waals surface area contributed by atoms with E-state index < -0.39 is 0 Å². The number of carbonyl (C=O) groups is 1. The first-order valence-electron chi connectivity index (χ1n) is 6.81. The lowest BCUT2D eigenvalue weighted by Crippen LogP contribution is -2.19. The van der Waals surface area contributed by atoms with Gasteiger partial charge >= 0.3 is 6.03 Å². The van der Waals surface area contributed by atoms with Crippen LogP contribution < -0.4 is 10.6 Å². The number of rotatable bonds is 2. The molecule has 3 rings (SSSR count). The van der Waals surface area contributed by atoms with Crippen LogP contribution in [0.3, 0.4) is 0 Å². The van der Waals surface area contributed by atoms with Gasteiger partial charge in [-0.2, -0.15) is 5.26 Å². The first-order chi connectivity index (χ1) is 10.7. The zero-order valence-electron chi connectivity index (χ0n) is 12.0. The van der Waals surface area contributed by atoms with E-state index in [2.05, 4.69) is 21.7 Å². The van der Waals surface area contributed by atoms with Crippen LogP contribution in [-0.4, -0.2) is 11.0 Å². The maximum absolute atomic E-state index is 12.0. The fraction of sp³-hybridized carbons (Fsp3) is 0.0588. The average Bonchev–Trinajstić information content (AvgIpc) is 2.95. The predicted molar refractivity (Wildman–Crippen MR) is 86.8 cm³/mol. The Labute approximate surface area is 127 Å². The molecule has 0 bridgehead atoms. The fourth-order valence-electron chi connectivity index (χ4n) is 2.29. The van der Waals surface area contributed by atoms with Crippen LogP contribution in [0.15, 0.2) is 48.7 Å². The second kappa shape index (κ2) is 5.62. The molecule has 0 spiro atoms. The molecule has 0 saturated carbocycles. The normalized spacial score (nSPS) is 10.2. The van der Waals surface area contributed by atoms with E-state index in [0.717, 1.165) is 16.5 Å². The summed E-state index contributed by atoms with van der Waals surface area (Å²) in [5.74, 6) is 0. The Morgan fingerprint density at radius 3 is 2.55 bits per heavy atom. The molecule has 5 nitrogen and oxygen atoms in total. The van der Waals surface area contributed by atoms with Gasteiger partial charge in [0.1, 0.15) is 0 Å². The number of benzene rings is 2. The third kappa shape index (κ3) is 2.76. The minimum Gasteiger partial charge on any atom is -0.361 e. The Morgan fingerprint density at radius 2 is 1.82 bits per heavy atom. The van der Waals surface area contributed by atoms with E-state index in [1.54, 1.807) is 18.2 Å². The summed E-state index contributed by atoms with van der Waals surface area (Å²) in [5.41, 5.74) is 3.75. The Hall–Kier alpha value is -3.26. The van der Waals surface area contributed by atoms with Gasteiger partial charge in [0.05, 0.1) is 11.6 Å². The molecule has 1 heterocycles. The van der Waals surface area contributed by atoms with Crippen molar-refractivity contribution in [3.63, 3.8) is 0 Å². The summed E-state index contributed by atoms with van der Waals surface area (Å²) < 4.78 is 0. The second-order valence-electron chi connectivity index (χ2n) is 5.00. The lowest BCUT2D eigenvalue weighted by molar-refractivity contribution is 0.262. The Balaban J connectivity index is 1.72. The van der Waals surface area contributed by atoms with Gasteiger partial charge in [-0.1, -0.05) is 6.07 Å². The van der Waals surface area contributed by atoms with Crippen molar-refractivity contribution in [2.45, 2.75) is 6.92 Å². The number of aromatic nitrogens is 1. The van der Waals surface area contributed by atoms with E-state index in [1.165, 1.54) is 0 Å². The van der Waals surface area contributed by atoms with E-state index in [0.29, 0.717) is 16.9 Å². The molecule has 0 aliphatic rings. The van der Waals surface area contributed by atoms with Crippen molar-refractivity contribution in [2.24, 2.45) is 0 Å². The minimum atomic E-state index is -0.324. The molecule has 3 N–H and O–H groups in total. The summed E-state index contributed by atoms with van der Waals surface area (Å²) in [4.78, 5) is 15.1. The third-order valence-corrected chi connectivity index (χ3v) is 3.42. The van der Waals surface area contributed by atoms with Gasteiger partial charge in [-0.25, -0.2) is 4.79 Å². The number of nitriles is 1. The number of hydrogen-bond donors (Lipinski definition) is 3. The van der Waals surface area contributed by atoms with E-state index >= 15 is 0 Å². The zero-order valence-corrected chi connectivity index (χ0v) is 12.0. The SMILES string of the molecule is Cc1cc(NC(=O)Nc2ccc3cc[nH]c3c2)ccc1C#N. The standard InChI is InChI=1S/C17H14N4O/c1-11-8-14(5-3-13(11)10-18)20-17(22)21-15-4-2-12-6-7-19-16(12)9-15/h2-9,19H,1H3,(H2,20,21,22). The summed E-state index contributed by atoms with van der Waals surface area (Å²) in [6, 6.07) is 14.6. The molecule has 0 saturated heterocycles. The van der Waals surface area contributed by atoms with Gasteiger partial charge in [0.15, 0.2) is 0 Å². The van der Waals surface area contributed by atoms with Gasteiger partial charge in [0.2, 0.25) is 0 Å². The number of nitrogens with one attached hydrogen (secondary N) is 3. The Morgan fingerprint density at radius 1 is 1.09 bits per heavy atom. The fourth-order valence-corrected chi connectivity index (χ4v) is 2.29. The van der Waals surface area contributed by atoms with E-state index in [1.807, 2.05) is 37.4 Å². The summed E-state index contributed by atoms with van der Waals surface area (Å²) in [6.45, 7) is 1.83. The highest BCUT2D eigenvalue weighted by atomic mass is 16.2. The topological polar surface area (TPSA) is 80.7 Å². The number of fused-ring (bicyclic) bond motifs is 1. The molecule has 3 aromatic rings. The molecule has 0 aliphatic carbocycles. The maximum atomic E-state index is 12.0. The molecule has 22 heavy (non-hydrogen) atoms. The Bertz CT molecular complexity index is 889. The van der Waals surface area contributed by atoms with Crippen LogP contribution >= 0.6 is 0 Å². The van der Waals surface area contributed by atoms with Crippen molar-refractivity contribution in [2.75, 3.05) is 10.6 Å². The number of aromatic amines is 1. The number of H-pyrrole nitrogens is 1. The van der Waals surface area contributed by atoms with Crippen LogP contribution in [0.1, 0.15) is 11.1 Å². The number of carbonyl (C=O) groups excluding carboxylic acids is 1. The summed E-state index contributed by atoms with van der Waals surface area (Å²) in [5, 5.41) is 15.5. The predicted octanol–water partition coefficient (Wildman–Crippen LogP) is 3.99. The molecular weight excluding hydrogens is 276 g/mol. The van der Waals surface area contributed by atoms with E-state index in [9.17, 15) is 4.79 Å². The molecule has 0 radical (unpaired) electrons. The number of aryl methyl sites for hydroxylation is 1. The first-order valence-corrected chi connectivity index (χ1v) is 6.81. The quantitative estimate of drug-likeness (QED) is 0.667. The number of urea groups is 1. The van der Waals surface area contributed by atoms with Gasteiger partial charge in [-0.05, 0) is 54.3 Å². The average molecular weight is 290 g/mol. The molecule has 1 aromatic heterocycles. The molecule has 2 amide bonds. The molecule has 0 aliphatic heterocycles. The van der Waals surface area contributed by atoms with Crippen LogP contribution in [-0.2, 0) is 0 Å². The third-order valence-electron chi connectivity index (χ3n) is 3.42. The lowest BCUT2D eigenvalue weighted by atomic mass is 10.1. The monoisotopic (exact) mass is 290 g/mol. The van der Waals surface area contributed by atoms with Gasteiger partial charge in [-0.15, -0.1) is 0 Å². The molecule has 2 aromatic carbocycles. The lowest BCUT2D eigenvalue weighted by Gasteiger charge is -2.09. The smallest absolute Gasteiger partial charge is 0.323 e. The van der Waals surface area contributed by atoms with Crippen LogP contribution in [0.5, 0.6) is 0 Å². The zero-order chi connectivity index (χ0) is 15.5. The Kier molecular flexibility index (Phi) is 3.50. The van der Waals surface area contributed by atoms with Crippen LogP contribution in [0, 0.1) is 18.3 Å². The van der Waals surface area contributed by atoms with Gasteiger partial charge in [-0.3, -0.25) is 0 Å².